The third kappa shape index (κ3) is 15.2. The lowest BCUT2D eigenvalue weighted by Gasteiger charge is -2.05. The lowest BCUT2D eigenvalue weighted by Crippen LogP contribution is -2.09. The Kier molecular flexibility index (Phi) is 14.6. The van der Waals surface area contributed by atoms with Gasteiger partial charge in [0.2, 0.25) is 0 Å². The van der Waals surface area contributed by atoms with Gasteiger partial charge in [0.15, 0.2) is 0 Å². The Labute approximate surface area is 129 Å². The third-order valence-corrected chi connectivity index (χ3v) is 3.28. The molecule has 0 aromatic heterocycles. The normalized spacial score (nSPS) is 10.4. The number of hydrogen-bond acceptors (Lipinski definition) is 4. The van der Waals surface area contributed by atoms with Crippen molar-refractivity contribution in [2.24, 2.45) is 0 Å². The van der Waals surface area contributed by atoms with Crippen molar-refractivity contribution in [2.75, 3.05) is 13.2 Å². The molecule has 0 saturated carbocycles. The Balaban J connectivity index is 3.32. The Morgan fingerprint density at radius 3 is 1.67 bits per heavy atom. The van der Waals surface area contributed by atoms with Crippen LogP contribution in [-0.4, -0.2) is 25.2 Å². The zero-order valence-electron chi connectivity index (χ0n) is 13.8. The second kappa shape index (κ2) is 15.3. The molecule has 0 amide bonds. The summed E-state index contributed by atoms with van der Waals surface area (Å²) in [4.78, 5) is 22.8. The number of esters is 2. The molecule has 4 nitrogen and oxygen atoms in total. The highest BCUT2D eigenvalue weighted by Crippen LogP contribution is 2.06. The molecule has 124 valence electrons. The lowest BCUT2D eigenvalue weighted by atomic mass is 10.1. The predicted molar refractivity (Wildman–Crippen MR) is 84.1 cm³/mol. The molecule has 0 rings (SSSR count). The van der Waals surface area contributed by atoms with Crippen LogP contribution in [0.4, 0.5) is 0 Å². The second-order valence-electron chi connectivity index (χ2n) is 5.42. The molecule has 0 aliphatic carbocycles. The van der Waals surface area contributed by atoms with Gasteiger partial charge in [-0.15, -0.1) is 0 Å². The molecule has 0 heterocycles. The van der Waals surface area contributed by atoms with Crippen LogP contribution in [0.15, 0.2) is 0 Å². The molecule has 0 fully saturated rings. The van der Waals surface area contributed by atoms with Crippen LogP contribution >= 0.6 is 0 Å². The van der Waals surface area contributed by atoms with Gasteiger partial charge in [0.05, 0.1) is 13.2 Å². The minimum atomic E-state index is -0.216. The van der Waals surface area contributed by atoms with E-state index in [0.717, 1.165) is 25.7 Å². The fraction of sp³-hybridized carbons (Fsp3) is 0.882. The van der Waals surface area contributed by atoms with E-state index in [1.165, 1.54) is 25.7 Å². The maximum atomic E-state index is 11.4. The molecule has 4 heteroatoms. The van der Waals surface area contributed by atoms with Crippen LogP contribution < -0.4 is 0 Å². The molecule has 0 aliphatic rings. The predicted octanol–water partition coefficient (Wildman–Crippen LogP) is 4.40. The Morgan fingerprint density at radius 2 is 1.10 bits per heavy atom. The summed E-state index contributed by atoms with van der Waals surface area (Å²) in [7, 11) is 0. The first kappa shape index (κ1) is 19.9. The van der Waals surface area contributed by atoms with Crippen LogP contribution in [0.1, 0.15) is 84.5 Å². The number of carbonyl (C=O) groups is 2. The van der Waals surface area contributed by atoms with Crippen molar-refractivity contribution in [1.82, 2.24) is 0 Å². The van der Waals surface area contributed by atoms with Gasteiger partial charge in [0, 0.05) is 12.8 Å². The van der Waals surface area contributed by atoms with E-state index in [1.54, 1.807) is 0 Å². The van der Waals surface area contributed by atoms with Crippen LogP contribution in [0.5, 0.6) is 0 Å². The average molecular weight is 300 g/mol. The van der Waals surface area contributed by atoms with Gasteiger partial charge < -0.3 is 9.47 Å². The monoisotopic (exact) mass is 300 g/mol. The van der Waals surface area contributed by atoms with Crippen molar-refractivity contribution in [2.45, 2.75) is 84.5 Å². The van der Waals surface area contributed by atoms with Crippen molar-refractivity contribution >= 4 is 11.9 Å². The van der Waals surface area contributed by atoms with E-state index in [0.29, 0.717) is 32.5 Å². The lowest BCUT2D eigenvalue weighted by molar-refractivity contribution is -0.145. The molecule has 21 heavy (non-hydrogen) atoms. The van der Waals surface area contributed by atoms with Crippen molar-refractivity contribution < 1.29 is 19.1 Å². The molecule has 0 aromatic rings. The van der Waals surface area contributed by atoms with E-state index in [1.807, 2.05) is 6.92 Å². The van der Waals surface area contributed by atoms with Crippen LogP contribution in [0, 0.1) is 0 Å². The van der Waals surface area contributed by atoms with E-state index in [-0.39, 0.29) is 11.9 Å². The SMILES string of the molecule is CCCCCCCCOC(=O)CCCC(=O)OCCCC. The minimum absolute atomic E-state index is 0.204. The summed E-state index contributed by atoms with van der Waals surface area (Å²) in [5.41, 5.74) is 0. The summed E-state index contributed by atoms with van der Waals surface area (Å²) < 4.78 is 10.2. The van der Waals surface area contributed by atoms with Crippen molar-refractivity contribution in [3.8, 4) is 0 Å². The topological polar surface area (TPSA) is 52.6 Å². The molecular formula is C17H32O4. The van der Waals surface area contributed by atoms with E-state index < -0.39 is 0 Å². The van der Waals surface area contributed by atoms with Gasteiger partial charge in [-0.05, 0) is 19.3 Å². The maximum Gasteiger partial charge on any atom is 0.305 e. The van der Waals surface area contributed by atoms with Gasteiger partial charge in [-0.25, -0.2) is 0 Å². The second-order valence-corrected chi connectivity index (χ2v) is 5.42. The first-order valence-electron chi connectivity index (χ1n) is 8.52. The Bertz CT molecular complexity index is 264. The largest absolute Gasteiger partial charge is 0.466 e. The summed E-state index contributed by atoms with van der Waals surface area (Å²) in [5, 5.41) is 0. The highest BCUT2D eigenvalue weighted by Gasteiger charge is 2.07. The van der Waals surface area contributed by atoms with Crippen LogP contribution in [0.3, 0.4) is 0 Å². The van der Waals surface area contributed by atoms with E-state index in [4.69, 9.17) is 9.47 Å². The summed E-state index contributed by atoms with van der Waals surface area (Å²) in [6.07, 6.45) is 10.1. The summed E-state index contributed by atoms with van der Waals surface area (Å²) in [6.45, 7) is 5.23. The molecule has 0 N–H and O–H groups in total. The van der Waals surface area contributed by atoms with E-state index >= 15 is 0 Å². The highest BCUT2D eigenvalue weighted by molar-refractivity contribution is 5.72. The van der Waals surface area contributed by atoms with Gasteiger partial charge in [0.1, 0.15) is 0 Å². The first-order valence-corrected chi connectivity index (χ1v) is 8.52. The van der Waals surface area contributed by atoms with Gasteiger partial charge >= 0.3 is 11.9 Å². The zero-order valence-corrected chi connectivity index (χ0v) is 13.8. The van der Waals surface area contributed by atoms with Crippen molar-refractivity contribution in [3.63, 3.8) is 0 Å². The first-order chi connectivity index (χ1) is 10.2. The fourth-order valence-electron chi connectivity index (χ4n) is 1.92. The molecule has 0 unspecified atom stereocenters. The van der Waals surface area contributed by atoms with E-state index in [2.05, 4.69) is 6.92 Å². The number of carbonyl (C=O) groups excluding carboxylic acids is 2. The van der Waals surface area contributed by atoms with Crippen molar-refractivity contribution in [1.29, 1.82) is 0 Å². The molecule has 0 radical (unpaired) electrons. The van der Waals surface area contributed by atoms with Gasteiger partial charge in [0.25, 0.3) is 0 Å². The standard InChI is InChI=1S/C17H32O4/c1-3-5-7-8-9-10-15-21-17(19)13-11-12-16(18)20-14-6-4-2/h3-15H2,1-2H3. The van der Waals surface area contributed by atoms with Crippen LogP contribution in [0.2, 0.25) is 0 Å². The molecular weight excluding hydrogens is 268 g/mol. The smallest absolute Gasteiger partial charge is 0.305 e. The molecule has 0 spiro atoms. The molecule has 0 atom stereocenters. The average Bonchev–Trinajstić information content (AvgIpc) is 2.46. The Morgan fingerprint density at radius 1 is 0.619 bits per heavy atom. The number of rotatable bonds is 14. The van der Waals surface area contributed by atoms with Gasteiger partial charge in [-0.3, -0.25) is 9.59 Å². The quantitative estimate of drug-likeness (QED) is 0.352. The number of unbranched alkanes of at least 4 members (excludes halogenated alkanes) is 6. The minimum Gasteiger partial charge on any atom is -0.466 e. The van der Waals surface area contributed by atoms with Gasteiger partial charge in [-0.1, -0.05) is 52.4 Å². The summed E-state index contributed by atoms with van der Waals surface area (Å²) >= 11 is 0. The Hall–Kier alpha value is -1.06. The summed E-state index contributed by atoms with van der Waals surface area (Å²) in [5.74, 6) is -0.419. The van der Waals surface area contributed by atoms with Gasteiger partial charge in [-0.2, -0.15) is 0 Å². The highest BCUT2D eigenvalue weighted by atomic mass is 16.5. The van der Waals surface area contributed by atoms with E-state index in [9.17, 15) is 9.59 Å². The molecule has 0 bridgehead atoms. The van der Waals surface area contributed by atoms with Crippen LogP contribution in [-0.2, 0) is 19.1 Å². The molecule has 0 aliphatic heterocycles. The number of ether oxygens (including phenoxy) is 2. The van der Waals surface area contributed by atoms with Crippen LogP contribution in [0.25, 0.3) is 0 Å². The maximum absolute atomic E-state index is 11.4. The van der Waals surface area contributed by atoms with Crippen molar-refractivity contribution in [3.05, 3.63) is 0 Å². The zero-order chi connectivity index (χ0) is 15.8. The fourth-order valence-corrected chi connectivity index (χ4v) is 1.92. The third-order valence-electron chi connectivity index (χ3n) is 3.28. The summed E-state index contributed by atoms with van der Waals surface area (Å²) in [6, 6.07) is 0. The molecule has 0 aromatic carbocycles. The number of hydrogen-bond donors (Lipinski definition) is 0. The molecule has 0 saturated heterocycles.